The van der Waals surface area contributed by atoms with Crippen LogP contribution in [-0.2, 0) is 0 Å². The Morgan fingerprint density at radius 1 is 1.44 bits per heavy atom. The van der Waals surface area contributed by atoms with E-state index in [-0.39, 0.29) is 0 Å². The van der Waals surface area contributed by atoms with E-state index in [1.54, 1.807) is 7.11 Å². The molecule has 2 rings (SSSR count). The van der Waals surface area contributed by atoms with Gasteiger partial charge in [0.15, 0.2) is 5.11 Å². The van der Waals surface area contributed by atoms with E-state index in [0.29, 0.717) is 6.04 Å². The van der Waals surface area contributed by atoms with E-state index in [2.05, 4.69) is 17.1 Å². The van der Waals surface area contributed by atoms with Crippen molar-refractivity contribution < 1.29 is 4.74 Å². The number of nitrogens with zero attached hydrogens (tertiary/aromatic N) is 1. The third-order valence-electron chi connectivity index (χ3n) is 3.38. The highest BCUT2D eigenvalue weighted by atomic mass is 32.1. The first-order chi connectivity index (χ1) is 8.70. The summed E-state index contributed by atoms with van der Waals surface area (Å²) in [5, 5.41) is 4.11. The Morgan fingerprint density at radius 2 is 2.28 bits per heavy atom. The van der Waals surface area contributed by atoms with Crippen molar-refractivity contribution >= 4 is 23.0 Å². The van der Waals surface area contributed by atoms with Crippen LogP contribution in [0.3, 0.4) is 0 Å². The smallest absolute Gasteiger partial charge is 0.173 e. The van der Waals surface area contributed by atoms with Crippen molar-refractivity contribution in [2.45, 2.75) is 32.2 Å². The maximum absolute atomic E-state index is 5.49. The molecule has 0 aromatic heterocycles. The number of nitrogens with one attached hydrogen (secondary N) is 1. The molecule has 1 heterocycles. The summed E-state index contributed by atoms with van der Waals surface area (Å²) < 4.78 is 5.21. The maximum Gasteiger partial charge on any atom is 0.173 e. The molecule has 1 atom stereocenters. The van der Waals surface area contributed by atoms with Crippen molar-refractivity contribution in [1.82, 2.24) is 4.90 Å². The van der Waals surface area contributed by atoms with Gasteiger partial charge in [0.1, 0.15) is 5.75 Å². The van der Waals surface area contributed by atoms with Gasteiger partial charge < -0.3 is 15.0 Å². The molecular formula is C14H20N2OS. The van der Waals surface area contributed by atoms with Crippen LogP contribution in [0.5, 0.6) is 5.75 Å². The minimum absolute atomic E-state index is 0.532. The highest BCUT2D eigenvalue weighted by molar-refractivity contribution is 7.80. The molecule has 0 amide bonds. The number of benzene rings is 1. The number of hydrogen-bond acceptors (Lipinski definition) is 2. The first-order valence-electron chi connectivity index (χ1n) is 6.42. The first-order valence-corrected chi connectivity index (χ1v) is 6.83. The highest BCUT2D eigenvalue weighted by Crippen LogP contribution is 2.20. The SMILES string of the molecule is COc1cccc(NC(=S)N2CCCC[C@H]2C)c1. The van der Waals surface area contributed by atoms with E-state index < -0.39 is 0 Å². The second-order valence-corrected chi connectivity index (χ2v) is 5.09. The lowest BCUT2D eigenvalue weighted by Gasteiger charge is -2.35. The van der Waals surface area contributed by atoms with Gasteiger partial charge in [0.25, 0.3) is 0 Å². The Bertz CT molecular complexity index is 422. The zero-order valence-corrected chi connectivity index (χ0v) is 11.8. The molecule has 1 N–H and O–H groups in total. The third-order valence-corrected chi connectivity index (χ3v) is 3.72. The number of ether oxygens (including phenoxy) is 1. The predicted octanol–water partition coefficient (Wildman–Crippen LogP) is 3.27. The van der Waals surface area contributed by atoms with Crippen molar-refractivity contribution in [1.29, 1.82) is 0 Å². The van der Waals surface area contributed by atoms with Crippen LogP contribution in [0.4, 0.5) is 5.69 Å². The van der Waals surface area contributed by atoms with Crippen molar-refractivity contribution in [3.8, 4) is 5.75 Å². The molecule has 1 aliphatic heterocycles. The summed E-state index contributed by atoms with van der Waals surface area (Å²) in [4.78, 5) is 2.28. The van der Waals surface area contributed by atoms with Crippen molar-refractivity contribution in [3.63, 3.8) is 0 Å². The number of rotatable bonds is 2. The molecule has 4 heteroatoms. The van der Waals surface area contributed by atoms with Crippen molar-refractivity contribution in [3.05, 3.63) is 24.3 Å². The average molecular weight is 264 g/mol. The molecule has 98 valence electrons. The van der Waals surface area contributed by atoms with Crippen LogP contribution in [0.2, 0.25) is 0 Å². The highest BCUT2D eigenvalue weighted by Gasteiger charge is 2.20. The van der Waals surface area contributed by atoms with E-state index in [4.69, 9.17) is 17.0 Å². The summed E-state index contributed by atoms with van der Waals surface area (Å²) in [6.45, 7) is 3.29. The molecule has 1 aromatic rings. The molecule has 18 heavy (non-hydrogen) atoms. The first kappa shape index (κ1) is 13.1. The molecule has 0 saturated carbocycles. The number of piperidine rings is 1. The number of anilines is 1. The summed E-state index contributed by atoms with van der Waals surface area (Å²) in [5.41, 5.74) is 0.983. The number of thiocarbonyl (C=S) groups is 1. The lowest BCUT2D eigenvalue weighted by molar-refractivity contribution is 0.262. The Kier molecular flexibility index (Phi) is 4.42. The summed E-state index contributed by atoms with van der Waals surface area (Å²) in [5.74, 6) is 0.842. The van der Waals surface area contributed by atoms with Gasteiger partial charge in [-0.25, -0.2) is 0 Å². The van der Waals surface area contributed by atoms with Crippen molar-refractivity contribution in [2.24, 2.45) is 0 Å². The van der Waals surface area contributed by atoms with E-state index in [1.807, 2.05) is 24.3 Å². The van der Waals surface area contributed by atoms with Gasteiger partial charge in [-0.15, -0.1) is 0 Å². The maximum atomic E-state index is 5.49. The van der Waals surface area contributed by atoms with Crippen LogP contribution in [-0.4, -0.2) is 29.7 Å². The molecule has 1 aromatic carbocycles. The molecule has 1 aliphatic rings. The third kappa shape index (κ3) is 3.13. The molecule has 0 bridgehead atoms. The largest absolute Gasteiger partial charge is 0.497 e. The molecule has 0 unspecified atom stereocenters. The summed E-state index contributed by atoms with van der Waals surface area (Å²) in [6, 6.07) is 8.38. The monoisotopic (exact) mass is 264 g/mol. The standard InChI is InChI=1S/C14H20N2OS/c1-11-6-3-4-9-16(11)14(18)15-12-7-5-8-13(10-12)17-2/h5,7-8,10-11H,3-4,6,9H2,1-2H3,(H,15,18)/t11-/m1/s1. The fourth-order valence-electron chi connectivity index (χ4n) is 2.30. The fraction of sp³-hybridized carbons (Fsp3) is 0.500. The predicted molar refractivity (Wildman–Crippen MR) is 79.2 cm³/mol. The van der Waals surface area contributed by atoms with Gasteiger partial charge >= 0.3 is 0 Å². The second kappa shape index (κ2) is 6.05. The van der Waals surface area contributed by atoms with E-state index in [1.165, 1.54) is 19.3 Å². The number of methoxy groups -OCH3 is 1. The van der Waals surface area contributed by atoms with Crippen LogP contribution in [0.25, 0.3) is 0 Å². The topological polar surface area (TPSA) is 24.5 Å². The summed E-state index contributed by atoms with van der Waals surface area (Å²) in [7, 11) is 1.67. The number of hydrogen-bond donors (Lipinski definition) is 1. The second-order valence-electron chi connectivity index (χ2n) is 4.70. The van der Waals surface area contributed by atoms with E-state index >= 15 is 0 Å². The fourth-order valence-corrected chi connectivity index (χ4v) is 2.69. The molecule has 0 aliphatic carbocycles. The molecule has 3 nitrogen and oxygen atoms in total. The van der Waals surface area contributed by atoms with Gasteiger partial charge in [0.2, 0.25) is 0 Å². The van der Waals surface area contributed by atoms with Gasteiger partial charge in [-0.3, -0.25) is 0 Å². The molecular weight excluding hydrogens is 244 g/mol. The van der Waals surface area contributed by atoms with Crippen LogP contribution < -0.4 is 10.1 Å². The molecule has 1 saturated heterocycles. The zero-order valence-electron chi connectivity index (χ0n) is 11.0. The molecule has 1 fully saturated rings. The van der Waals surface area contributed by atoms with Gasteiger partial charge in [0.05, 0.1) is 7.11 Å². The average Bonchev–Trinajstić information content (AvgIpc) is 2.39. The summed E-state index contributed by atoms with van der Waals surface area (Å²) in [6.07, 6.45) is 3.75. The minimum Gasteiger partial charge on any atom is -0.497 e. The van der Waals surface area contributed by atoms with Crippen LogP contribution in [0.1, 0.15) is 26.2 Å². The number of likely N-dealkylation sites (tertiary alicyclic amines) is 1. The van der Waals surface area contributed by atoms with Crippen LogP contribution in [0, 0.1) is 0 Å². The normalized spacial score (nSPS) is 19.4. The van der Waals surface area contributed by atoms with E-state index in [0.717, 1.165) is 23.1 Å². The minimum atomic E-state index is 0.532. The van der Waals surface area contributed by atoms with Gasteiger partial charge in [-0.2, -0.15) is 0 Å². The van der Waals surface area contributed by atoms with Gasteiger partial charge in [-0.05, 0) is 50.5 Å². The summed E-state index contributed by atoms with van der Waals surface area (Å²) >= 11 is 5.49. The van der Waals surface area contributed by atoms with Gasteiger partial charge in [0, 0.05) is 24.3 Å². The Morgan fingerprint density at radius 3 is 3.00 bits per heavy atom. The van der Waals surface area contributed by atoms with Crippen LogP contribution >= 0.6 is 12.2 Å². The quantitative estimate of drug-likeness (QED) is 0.829. The lowest BCUT2D eigenvalue weighted by atomic mass is 10.0. The van der Waals surface area contributed by atoms with Gasteiger partial charge in [-0.1, -0.05) is 6.07 Å². The van der Waals surface area contributed by atoms with Crippen molar-refractivity contribution in [2.75, 3.05) is 19.0 Å². The zero-order chi connectivity index (χ0) is 13.0. The molecule has 0 radical (unpaired) electrons. The lowest BCUT2D eigenvalue weighted by Crippen LogP contribution is -2.44. The Hall–Kier alpha value is -1.29. The molecule has 0 spiro atoms. The van der Waals surface area contributed by atoms with E-state index in [9.17, 15) is 0 Å². The van der Waals surface area contributed by atoms with Crippen LogP contribution in [0.15, 0.2) is 24.3 Å². The Labute approximate surface area is 114 Å². The Balaban J connectivity index is 2.01.